The van der Waals surface area contributed by atoms with E-state index in [1.54, 1.807) is 18.2 Å². The molecule has 4 heteroatoms. The molecule has 0 amide bonds. The Morgan fingerprint density at radius 3 is 2.33 bits per heavy atom. The standard InChI is InChI=1S/C8H12N2O2/c9-6-2-1-3-7(10)8(6)12-5-4-11/h1-3,11H,4-5,9-10H2. The largest absolute Gasteiger partial charge is 0.487 e. The first-order valence-corrected chi connectivity index (χ1v) is 3.63. The average molecular weight is 168 g/mol. The van der Waals surface area contributed by atoms with Gasteiger partial charge in [-0.1, -0.05) is 6.07 Å². The molecule has 0 aromatic heterocycles. The van der Waals surface area contributed by atoms with Crippen molar-refractivity contribution in [1.82, 2.24) is 0 Å². The summed E-state index contributed by atoms with van der Waals surface area (Å²) in [4.78, 5) is 0. The summed E-state index contributed by atoms with van der Waals surface area (Å²) in [6.07, 6.45) is 0. The highest BCUT2D eigenvalue weighted by Gasteiger charge is 2.02. The minimum atomic E-state index is -0.0478. The molecule has 12 heavy (non-hydrogen) atoms. The number of hydrogen-bond donors (Lipinski definition) is 3. The van der Waals surface area contributed by atoms with Crippen LogP contribution >= 0.6 is 0 Å². The second kappa shape index (κ2) is 3.82. The summed E-state index contributed by atoms with van der Waals surface area (Å²) < 4.78 is 5.12. The minimum Gasteiger partial charge on any atom is -0.487 e. The molecule has 0 spiro atoms. The number of aliphatic hydroxyl groups excluding tert-OH is 1. The molecule has 0 aliphatic carbocycles. The highest BCUT2D eigenvalue weighted by Crippen LogP contribution is 2.27. The van der Waals surface area contributed by atoms with Gasteiger partial charge in [-0.05, 0) is 12.1 Å². The molecule has 1 aromatic rings. The maximum atomic E-state index is 8.50. The molecule has 1 aromatic carbocycles. The van der Waals surface area contributed by atoms with Crippen LogP contribution in [0.3, 0.4) is 0 Å². The zero-order valence-electron chi connectivity index (χ0n) is 6.66. The van der Waals surface area contributed by atoms with E-state index in [0.717, 1.165) is 0 Å². The van der Waals surface area contributed by atoms with Crippen molar-refractivity contribution in [3.05, 3.63) is 18.2 Å². The molecule has 0 heterocycles. The maximum absolute atomic E-state index is 8.50. The molecule has 1 rings (SSSR count). The highest BCUT2D eigenvalue weighted by molar-refractivity contribution is 5.66. The number of benzene rings is 1. The third-order valence-corrected chi connectivity index (χ3v) is 1.41. The summed E-state index contributed by atoms with van der Waals surface area (Å²) in [6.45, 7) is 0.159. The van der Waals surface area contributed by atoms with Gasteiger partial charge >= 0.3 is 0 Å². The van der Waals surface area contributed by atoms with Gasteiger partial charge in [0.25, 0.3) is 0 Å². The Morgan fingerprint density at radius 2 is 1.83 bits per heavy atom. The molecule has 0 aliphatic heterocycles. The van der Waals surface area contributed by atoms with Gasteiger partial charge in [0.2, 0.25) is 0 Å². The number of hydrogen-bond acceptors (Lipinski definition) is 4. The van der Waals surface area contributed by atoms with E-state index in [2.05, 4.69) is 0 Å². The Kier molecular flexibility index (Phi) is 2.76. The third kappa shape index (κ3) is 1.79. The van der Waals surface area contributed by atoms with Crippen molar-refractivity contribution in [3.63, 3.8) is 0 Å². The molecule has 4 nitrogen and oxygen atoms in total. The molecular formula is C8H12N2O2. The van der Waals surface area contributed by atoms with Crippen molar-refractivity contribution >= 4 is 11.4 Å². The second-order valence-electron chi connectivity index (χ2n) is 2.34. The number of nitrogens with two attached hydrogens (primary N) is 2. The van der Waals surface area contributed by atoms with E-state index in [0.29, 0.717) is 17.1 Å². The first-order valence-electron chi connectivity index (χ1n) is 3.63. The molecule has 0 unspecified atom stereocenters. The lowest BCUT2D eigenvalue weighted by molar-refractivity contribution is 0.203. The van der Waals surface area contributed by atoms with Crippen molar-refractivity contribution in [2.24, 2.45) is 0 Å². The van der Waals surface area contributed by atoms with E-state index in [1.165, 1.54) is 0 Å². The van der Waals surface area contributed by atoms with Gasteiger partial charge in [-0.2, -0.15) is 0 Å². The fourth-order valence-corrected chi connectivity index (χ4v) is 0.888. The molecule has 0 radical (unpaired) electrons. The first-order chi connectivity index (χ1) is 5.75. The van der Waals surface area contributed by atoms with Gasteiger partial charge in [0, 0.05) is 0 Å². The van der Waals surface area contributed by atoms with Crippen LogP contribution in [0.1, 0.15) is 0 Å². The second-order valence-corrected chi connectivity index (χ2v) is 2.34. The fraction of sp³-hybridized carbons (Fsp3) is 0.250. The molecule has 0 saturated heterocycles. The number of anilines is 2. The average Bonchev–Trinajstić information content (AvgIpc) is 2.04. The van der Waals surface area contributed by atoms with E-state index in [9.17, 15) is 0 Å². The quantitative estimate of drug-likeness (QED) is 0.564. The number of aliphatic hydroxyl groups is 1. The number of nitrogen functional groups attached to an aromatic ring is 2. The lowest BCUT2D eigenvalue weighted by Crippen LogP contribution is -2.05. The summed E-state index contributed by atoms with van der Waals surface area (Å²) in [5.74, 6) is 0.451. The minimum absolute atomic E-state index is 0.0478. The Morgan fingerprint density at radius 1 is 1.25 bits per heavy atom. The first kappa shape index (κ1) is 8.67. The van der Waals surface area contributed by atoms with Crippen LogP contribution in [-0.2, 0) is 0 Å². The summed E-state index contributed by atoms with van der Waals surface area (Å²) in [7, 11) is 0. The molecule has 0 bridgehead atoms. The predicted octanol–water partition coefficient (Wildman–Crippen LogP) is 0.222. The molecular weight excluding hydrogens is 156 g/mol. The van der Waals surface area contributed by atoms with Crippen LogP contribution < -0.4 is 16.2 Å². The summed E-state index contributed by atoms with van der Waals surface area (Å²) >= 11 is 0. The van der Waals surface area contributed by atoms with E-state index >= 15 is 0 Å². The van der Waals surface area contributed by atoms with Crippen molar-refractivity contribution < 1.29 is 9.84 Å². The van der Waals surface area contributed by atoms with Crippen LogP contribution in [0.25, 0.3) is 0 Å². The summed E-state index contributed by atoms with van der Waals surface area (Å²) in [5.41, 5.74) is 12.1. The fourth-order valence-electron chi connectivity index (χ4n) is 0.888. The SMILES string of the molecule is Nc1cccc(N)c1OCCO. The zero-order valence-corrected chi connectivity index (χ0v) is 6.66. The van der Waals surface area contributed by atoms with Gasteiger partial charge in [0.05, 0.1) is 18.0 Å². The topological polar surface area (TPSA) is 81.5 Å². The van der Waals surface area contributed by atoms with E-state index in [4.69, 9.17) is 21.3 Å². The lowest BCUT2D eigenvalue weighted by Gasteiger charge is -2.09. The van der Waals surface area contributed by atoms with Crippen molar-refractivity contribution in [2.45, 2.75) is 0 Å². The van der Waals surface area contributed by atoms with E-state index in [1.807, 2.05) is 0 Å². The molecule has 66 valence electrons. The lowest BCUT2D eigenvalue weighted by atomic mass is 10.2. The number of ether oxygens (including phenoxy) is 1. The Bertz CT molecular complexity index is 243. The van der Waals surface area contributed by atoms with Gasteiger partial charge in [0.15, 0.2) is 5.75 Å². The van der Waals surface area contributed by atoms with E-state index in [-0.39, 0.29) is 13.2 Å². The summed E-state index contributed by atoms with van der Waals surface area (Å²) in [6, 6.07) is 5.14. The van der Waals surface area contributed by atoms with Crippen LogP contribution in [0, 0.1) is 0 Å². The molecule has 0 saturated carbocycles. The molecule has 0 fully saturated rings. The van der Waals surface area contributed by atoms with Gasteiger partial charge < -0.3 is 21.3 Å². The van der Waals surface area contributed by atoms with Crippen molar-refractivity contribution in [1.29, 1.82) is 0 Å². The Labute approximate surface area is 70.7 Å². The predicted molar refractivity (Wildman–Crippen MR) is 47.8 cm³/mol. The van der Waals surface area contributed by atoms with E-state index < -0.39 is 0 Å². The molecule has 5 N–H and O–H groups in total. The van der Waals surface area contributed by atoms with Crippen molar-refractivity contribution in [2.75, 3.05) is 24.7 Å². The molecule has 0 atom stereocenters. The van der Waals surface area contributed by atoms with Crippen LogP contribution in [0.15, 0.2) is 18.2 Å². The van der Waals surface area contributed by atoms with Crippen LogP contribution in [0.4, 0.5) is 11.4 Å². The smallest absolute Gasteiger partial charge is 0.165 e. The van der Waals surface area contributed by atoms with Gasteiger partial charge in [-0.25, -0.2) is 0 Å². The molecule has 0 aliphatic rings. The zero-order chi connectivity index (χ0) is 8.97. The summed E-state index contributed by atoms with van der Waals surface area (Å²) in [5, 5.41) is 8.50. The van der Waals surface area contributed by atoms with Crippen molar-refractivity contribution in [3.8, 4) is 5.75 Å². The van der Waals surface area contributed by atoms with Gasteiger partial charge in [0.1, 0.15) is 6.61 Å². The maximum Gasteiger partial charge on any atom is 0.165 e. The third-order valence-electron chi connectivity index (χ3n) is 1.41. The van der Waals surface area contributed by atoms with Crippen LogP contribution in [0.5, 0.6) is 5.75 Å². The van der Waals surface area contributed by atoms with Gasteiger partial charge in [-0.15, -0.1) is 0 Å². The van der Waals surface area contributed by atoms with Crippen LogP contribution in [0.2, 0.25) is 0 Å². The van der Waals surface area contributed by atoms with Crippen LogP contribution in [-0.4, -0.2) is 18.3 Å². The number of para-hydroxylation sites is 1. The number of rotatable bonds is 3. The highest BCUT2D eigenvalue weighted by atomic mass is 16.5. The van der Waals surface area contributed by atoms with Gasteiger partial charge in [-0.3, -0.25) is 0 Å². The normalized spacial score (nSPS) is 9.75. The monoisotopic (exact) mass is 168 g/mol. The Balaban J connectivity index is 2.81. The Hall–Kier alpha value is -1.42.